The lowest BCUT2D eigenvalue weighted by molar-refractivity contribution is 0.264. The van der Waals surface area contributed by atoms with Crippen molar-refractivity contribution in [3.05, 3.63) is 28.8 Å². The minimum absolute atomic E-state index is 0.449. The topological polar surface area (TPSA) is 35.2 Å². The van der Waals surface area contributed by atoms with Crippen molar-refractivity contribution in [2.45, 2.75) is 39.2 Å². The van der Waals surface area contributed by atoms with Gasteiger partial charge in [-0.05, 0) is 55.7 Å². The number of aryl methyl sites for hydroxylation is 2. The molecule has 2 nitrogen and oxygen atoms in total. The SMILES string of the molecule is COc1c(C)cc(CC2CC(N)C2)cc1C. The Hall–Kier alpha value is -1.02. The molecule has 2 N–H and O–H groups in total. The summed E-state index contributed by atoms with van der Waals surface area (Å²) in [7, 11) is 1.74. The summed E-state index contributed by atoms with van der Waals surface area (Å²) in [6.07, 6.45) is 3.54. The quantitative estimate of drug-likeness (QED) is 0.848. The van der Waals surface area contributed by atoms with Crippen LogP contribution in [0, 0.1) is 19.8 Å². The second-order valence-electron chi connectivity index (χ2n) is 5.06. The fraction of sp³-hybridized carbons (Fsp3) is 0.571. The average Bonchev–Trinajstić information content (AvgIpc) is 2.15. The largest absolute Gasteiger partial charge is 0.496 e. The Balaban J connectivity index is 2.10. The summed E-state index contributed by atoms with van der Waals surface area (Å²) in [5, 5.41) is 0. The van der Waals surface area contributed by atoms with Gasteiger partial charge < -0.3 is 10.5 Å². The molecule has 0 spiro atoms. The number of hydrogen-bond donors (Lipinski definition) is 1. The van der Waals surface area contributed by atoms with Gasteiger partial charge in [0.15, 0.2) is 0 Å². The number of nitrogens with two attached hydrogens (primary N) is 1. The molecule has 1 saturated carbocycles. The molecule has 0 saturated heterocycles. The first-order chi connectivity index (χ1) is 7.60. The molecule has 88 valence electrons. The molecule has 1 aromatic carbocycles. The van der Waals surface area contributed by atoms with E-state index in [4.69, 9.17) is 10.5 Å². The maximum atomic E-state index is 5.81. The third-order valence-electron chi connectivity index (χ3n) is 3.52. The highest BCUT2D eigenvalue weighted by molar-refractivity contribution is 5.43. The lowest BCUT2D eigenvalue weighted by Crippen LogP contribution is -2.37. The van der Waals surface area contributed by atoms with Crippen molar-refractivity contribution >= 4 is 0 Å². The van der Waals surface area contributed by atoms with Crippen LogP contribution in [0.5, 0.6) is 5.75 Å². The van der Waals surface area contributed by atoms with E-state index in [1.165, 1.54) is 36.0 Å². The predicted octanol–water partition coefficient (Wildman–Crippen LogP) is 2.59. The minimum Gasteiger partial charge on any atom is -0.496 e. The molecular weight excluding hydrogens is 198 g/mol. The summed E-state index contributed by atoms with van der Waals surface area (Å²) in [5.41, 5.74) is 9.71. The third-order valence-corrected chi connectivity index (χ3v) is 3.52. The van der Waals surface area contributed by atoms with Crippen LogP contribution in [0.1, 0.15) is 29.5 Å². The zero-order valence-electron chi connectivity index (χ0n) is 10.4. The fourth-order valence-corrected chi connectivity index (χ4v) is 2.77. The molecule has 0 amide bonds. The van der Waals surface area contributed by atoms with Crippen molar-refractivity contribution in [2.24, 2.45) is 11.7 Å². The van der Waals surface area contributed by atoms with Crippen LogP contribution < -0.4 is 10.5 Å². The van der Waals surface area contributed by atoms with Crippen molar-refractivity contribution in [2.75, 3.05) is 7.11 Å². The molecule has 0 radical (unpaired) electrons. The Morgan fingerprint density at radius 2 is 1.81 bits per heavy atom. The van der Waals surface area contributed by atoms with Crippen LogP contribution >= 0.6 is 0 Å². The number of ether oxygens (including phenoxy) is 1. The summed E-state index contributed by atoms with van der Waals surface area (Å²) in [6, 6.07) is 4.94. The van der Waals surface area contributed by atoms with E-state index in [1.54, 1.807) is 7.11 Å². The summed E-state index contributed by atoms with van der Waals surface area (Å²) in [6.45, 7) is 4.23. The van der Waals surface area contributed by atoms with E-state index in [0.717, 1.165) is 11.7 Å². The molecule has 1 fully saturated rings. The second-order valence-corrected chi connectivity index (χ2v) is 5.06. The molecule has 1 aliphatic carbocycles. The minimum atomic E-state index is 0.449. The fourth-order valence-electron chi connectivity index (χ4n) is 2.77. The maximum absolute atomic E-state index is 5.81. The lowest BCUT2D eigenvalue weighted by Gasteiger charge is -2.32. The number of rotatable bonds is 3. The van der Waals surface area contributed by atoms with Gasteiger partial charge in [-0.15, -0.1) is 0 Å². The van der Waals surface area contributed by atoms with Gasteiger partial charge in [0.25, 0.3) is 0 Å². The molecule has 1 aliphatic rings. The Morgan fingerprint density at radius 1 is 1.25 bits per heavy atom. The van der Waals surface area contributed by atoms with Gasteiger partial charge in [0.05, 0.1) is 7.11 Å². The maximum Gasteiger partial charge on any atom is 0.124 e. The van der Waals surface area contributed by atoms with Crippen LogP contribution in [0.3, 0.4) is 0 Å². The van der Waals surface area contributed by atoms with Crippen LogP contribution in [0.15, 0.2) is 12.1 Å². The van der Waals surface area contributed by atoms with Crippen LogP contribution in [-0.2, 0) is 6.42 Å². The number of hydrogen-bond acceptors (Lipinski definition) is 2. The van der Waals surface area contributed by atoms with E-state index < -0.39 is 0 Å². The molecule has 0 bridgehead atoms. The highest BCUT2D eigenvalue weighted by atomic mass is 16.5. The van der Waals surface area contributed by atoms with Crippen LogP contribution in [0.25, 0.3) is 0 Å². The first kappa shape index (κ1) is 11.5. The van der Waals surface area contributed by atoms with E-state index in [0.29, 0.717) is 6.04 Å². The number of benzene rings is 1. The van der Waals surface area contributed by atoms with Crippen molar-refractivity contribution in [3.8, 4) is 5.75 Å². The van der Waals surface area contributed by atoms with Crippen LogP contribution in [-0.4, -0.2) is 13.2 Å². The zero-order valence-corrected chi connectivity index (χ0v) is 10.4. The zero-order chi connectivity index (χ0) is 11.7. The highest BCUT2D eigenvalue weighted by Gasteiger charge is 2.25. The predicted molar refractivity (Wildman–Crippen MR) is 66.9 cm³/mol. The van der Waals surface area contributed by atoms with Crippen LogP contribution in [0.4, 0.5) is 0 Å². The normalized spacial score (nSPS) is 24.0. The van der Waals surface area contributed by atoms with Gasteiger partial charge >= 0.3 is 0 Å². The Bertz CT molecular complexity index is 357. The third kappa shape index (κ3) is 2.22. The standard InChI is InChI=1S/C14H21NO/c1-9-4-11(5-10(2)14(9)16-3)6-12-7-13(15)8-12/h4-5,12-13H,6-8,15H2,1-3H3. The smallest absolute Gasteiger partial charge is 0.124 e. The summed E-state index contributed by atoms with van der Waals surface area (Å²) < 4.78 is 5.37. The van der Waals surface area contributed by atoms with Gasteiger partial charge in [-0.2, -0.15) is 0 Å². The van der Waals surface area contributed by atoms with Gasteiger partial charge in [0.2, 0.25) is 0 Å². The first-order valence-corrected chi connectivity index (χ1v) is 6.00. The van der Waals surface area contributed by atoms with Crippen molar-refractivity contribution in [3.63, 3.8) is 0 Å². The molecule has 2 rings (SSSR count). The number of methoxy groups -OCH3 is 1. The summed E-state index contributed by atoms with van der Waals surface area (Å²) in [4.78, 5) is 0. The molecular formula is C14H21NO. The van der Waals surface area contributed by atoms with Gasteiger partial charge in [0.1, 0.15) is 5.75 Å². The molecule has 1 aromatic rings. The summed E-state index contributed by atoms with van der Waals surface area (Å²) >= 11 is 0. The molecule has 0 atom stereocenters. The Labute approximate surface area is 97.8 Å². The van der Waals surface area contributed by atoms with Crippen molar-refractivity contribution in [1.82, 2.24) is 0 Å². The van der Waals surface area contributed by atoms with Gasteiger partial charge in [0, 0.05) is 6.04 Å². The van der Waals surface area contributed by atoms with E-state index in [9.17, 15) is 0 Å². The molecule has 0 unspecified atom stereocenters. The van der Waals surface area contributed by atoms with Gasteiger partial charge in [-0.1, -0.05) is 12.1 Å². The van der Waals surface area contributed by atoms with Gasteiger partial charge in [-0.25, -0.2) is 0 Å². The first-order valence-electron chi connectivity index (χ1n) is 6.00. The monoisotopic (exact) mass is 219 g/mol. The van der Waals surface area contributed by atoms with E-state index in [2.05, 4.69) is 26.0 Å². The second kappa shape index (κ2) is 4.46. The Kier molecular flexibility index (Phi) is 3.20. The van der Waals surface area contributed by atoms with Crippen LogP contribution in [0.2, 0.25) is 0 Å². The highest BCUT2D eigenvalue weighted by Crippen LogP contribution is 2.31. The van der Waals surface area contributed by atoms with Crippen molar-refractivity contribution in [1.29, 1.82) is 0 Å². The summed E-state index contributed by atoms with van der Waals surface area (Å²) in [5.74, 6) is 1.82. The lowest BCUT2D eigenvalue weighted by atomic mass is 9.77. The average molecular weight is 219 g/mol. The molecule has 0 aromatic heterocycles. The van der Waals surface area contributed by atoms with Crippen molar-refractivity contribution < 1.29 is 4.74 Å². The van der Waals surface area contributed by atoms with E-state index in [1.807, 2.05) is 0 Å². The molecule has 16 heavy (non-hydrogen) atoms. The molecule has 0 heterocycles. The Morgan fingerprint density at radius 3 is 2.25 bits per heavy atom. The van der Waals surface area contributed by atoms with E-state index >= 15 is 0 Å². The molecule has 0 aliphatic heterocycles. The van der Waals surface area contributed by atoms with E-state index in [-0.39, 0.29) is 0 Å². The van der Waals surface area contributed by atoms with Gasteiger partial charge in [-0.3, -0.25) is 0 Å². The molecule has 2 heteroatoms.